The van der Waals surface area contributed by atoms with Crippen LogP contribution in [0.25, 0.3) is 0 Å². The number of benzene rings is 1. The summed E-state index contributed by atoms with van der Waals surface area (Å²) in [5, 5.41) is 6.46. The number of nitrogens with one attached hydrogen (secondary N) is 2. The predicted molar refractivity (Wildman–Crippen MR) is 125 cm³/mol. The highest BCUT2D eigenvalue weighted by molar-refractivity contribution is 14.0. The van der Waals surface area contributed by atoms with Crippen molar-refractivity contribution < 1.29 is 18.3 Å². The van der Waals surface area contributed by atoms with E-state index < -0.39 is 6.61 Å². The van der Waals surface area contributed by atoms with E-state index in [1.165, 1.54) is 13.2 Å². The second-order valence-electron chi connectivity index (χ2n) is 6.21. The average Bonchev–Trinajstić information content (AvgIpc) is 2.69. The molecule has 168 valence electrons. The number of aliphatic imine (C=N–C) groups is 1. The van der Waals surface area contributed by atoms with Gasteiger partial charge in [-0.05, 0) is 57.6 Å². The summed E-state index contributed by atoms with van der Waals surface area (Å²) >= 11 is 0. The van der Waals surface area contributed by atoms with E-state index >= 15 is 0 Å². The number of hydrogen-bond donors (Lipinski definition) is 2. The Kier molecular flexibility index (Phi) is 15.7. The van der Waals surface area contributed by atoms with Crippen molar-refractivity contribution in [3.8, 4) is 11.5 Å². The summed E-state index contributed by atoms with van der Waals surface area (Å²) < 4.78 is 35.0. The van der Waals surface area contributed by atoms with Crippen molar-refractivity contribution in [1.29, 1.82) is 0 Å². The second kappa shape index (κ2) is 16.4. The highest BCUT2D eigenvalue weighted by Gasteiger charge is 2.11. The first-order valence-corrected chi connectivity index (χ1v) is 9.90. The molecule has 2 N–H and O–H groups in total. The Labute approximate surface area is 190 Å². The Balaban J connectivity index is 0.00000784. The summed E-state index contributed by atoms with van der Waals surface area (Å²) in [6.45, 7) is 8.37. The van der Waals surface area contributed by atoms with Crippen LogP contribution >= 0.6 is 24.0 Å². The molecule has 0 amide bonds. The number of halogens is 3. The van der Waals surface area contributed by atoms with E-state index in [4.69, 9.17) is 4.74 Å². The van der Waals surface area contributed by atoms with Crippen LogP contribution in [-0.4, -0.2) is 57.3 Å². The number of rotatable bonds is 13. The fourth-order valence-electron chi connectivity index (χ4n) is 2.73. The Bertz CT molecular complexity index is 588. The van der Waals surface area contributed by atoms with Gasteiger partial charge in [-0.25, -0.2) is 4.99 Å². The van der Waals surface area contributed by atoms with Gasteiger partial charge in [0.15, 0.2) is 5.96 Å². The Morgan fingerprint density at radius 3 is 2.45 bits per heavy atom. The van der Waals surface area contributed by atoms with Gasteiger partial charge >= 0.3 is 6.61 Å². The monoisotopic (exact) mass is 528 g/mol. The lowest BCUT2D eigenvalue weighted by atomic mass is 10.2. The molecule has 0 atom stereocenters. The molecule has 0 heterocycles. The molecule has 0 radical (unpaired) electrons. The summed E-state index contributed by atoms with van der Waals surface area (Å²) in [4.78, 5) is 6.89. The molecule has 0 aliphatic heterocycles. The zero-order valence-corrected chi connectivity index (χ0v) is 20.2. The molecule has 0 saturated heterocycles. The highest BCUT2D eigenvalue weighted by Crippen LogP contribution is 2.26. The van der Waals surface area contributed by atoms with Crippen LogP contribution < -0.4 is 20.1 Å². The van der Waals surface area contributed by atoms with E-state index in [1.807, 2.05) is 6.92 Å². The molecule has 29 heavy (non-hydrogen) atoms. The van der Waals surface area contributed by atoms with Gasteiger partial charge in [-0.15, -0.1) is 24.0 Å². The molecular formula is C20H35F2IN4O2. The molecule has 1 aromatic carbocycles. The molecule has 0 unspecified atom stereocenters. The maximum Gasteiger partial charge on any atom is 0.387 e. The van der Waals surface area contributed by atoms with E-state index in [1.54, 1.807) is 12.1 Å². The molecule has 0 fully saturated rings. The Hall–Kier alpha value is -1.36. The zero-order valence-electron chi connectivity index (χ0n) is 17.8. The number of hydrogen-bond acceptors (Lipinski definition) is 4. The highest BCUT2D eigenvalue weighted by atomic mass is 127. The first-order chi connectivity index (χ1) is 13.5. The number of nitrogens with zero attached hydrogens (tertiary/aromatic N) is 2. The van der Waals surface area contributed by atoms with Gasteiger partial charge in [-0.2, -0.15) is 8.78 Å². The van der Waals surface area contributed by atoms with Gasteiger partial charge in [-0.1, -0.05) is 13.8 Å². The number of alkyl halides is 2. The minimum absolute atomic E-state index is 0. The summed E-state index contributed by atoms with van der Waals surface area (Å²) in [6.07, 6.45) is 2.14. The molecule has 9 heteroatoms. The third-order valence-corrected chi connectivity index (χ3v) is 4.32. The lowest BCUT2D eigenvalue weighted by molar-refractivity contribution is -0.0504. The third-order valence-electron chi connectivity index (χ3n) is 4.32. The minimum atomic E-state index is -2.88. The molecule has 0 aliphatic carbocycles. The van der Waals surface area contributed by atoms with Crippen LogP contribution in [0.3, 0.4) is 0 Å². The minimum Gasteiger partial charge on any atom is -0.497 e. The number of ether oxygens (including phenoxy) is 2. The second-order valence-corrected chi connectivity index (χ2v) is 6.21. The summed E-state index contributed by atoms with van der Waals surface area (Å²) in [5.41, 5.74) is 0.540. The average molecular weight is 528 g/mol. The first kappa shape index (κ1) is 27.6. The maximum absolute atomic E-state index is 12.6. The van der Waals surface area contributed by atoms with Crippen LogP contribution in [0.15, 0.2) is 23.2 Å². The van der Waals surface area contributed by atoms with E-state index in [0.29, 0.717) is 23.8 Å². The number of unbranched alkanes of at least 4 members (excludes halogenated alkanes) is 1. The molecule has 0 aliphatic rings. The van der Waals surface area contributed by atoms with Crippen LogP contribution in [0.4, 0.5) is 8.78 Å². The lowest BCUT2D eigenvalue weighted by Crippen LogP contribution is -2.38. The first-order valence-electron chi connectivity index (χ1n) is 9.90. The van der Waals surface area contributed by atoms with E-state index in [0.717, 1.165) is 39.0 Å². The van der Waals surface area contributed by atoms with Crippen LogP contribution in [0.1, 0.15) is 39.2 Å². The molecule has 1 aromatic rings. The van der Waals surface area contributed by atoms with Crippen LogP contribution in [0, 0.1) is 0 Å². The van der Waals surface area contributed by atoms with Crippen molar-refractivity contribution >= 4 is 29.9 Å². The topological polar surface area (TPSA) is 58.1 Å². The third kappa shape index (κ3) is 11.4. The van der Waals surface area contributed by atoms with Gasteiger partial charge in [0.25, 0.3) is 0 Å². The predicted octanol–water partition coefficient (Wildman–Crippen LogP) is 4.09. The summed E-state index contributed by atoms with van der Waals surface area (Å²) in [6, 6.07) is 4.72. The van der Waals surface area contributed by atoms with Gasteiger partial charge in [0.2, 0.25) is 0 Å². The molecule has 6 nitrogen and oxygen atoms in total. The standard InChI is InChI=1S/C20H34F2N4O2.HI/c1-5-23-20(24-12-8-9-13-26(6-2)7-3)25-15-16-14-17(27-4)10-11-18(16)28-19(21)22;/h10-11,14,19H,5-9,12-13,15H2,1-4H3,(H2,23,24,25);1H. The van der Waals surface area contributed by atoms with Crippen molar-refractivity contribution in [3.63, 3.8) is 0 Å². The van der Waals surface area contributed by atoms with Gasteiger partial charge in [-0.3, -0.25) is 0 Å². The molecule has 0 aromatic heterocycles. The van der Waals surface area contributed by atoms with E-state index in [2.05, 4.69) is 39.1 Å². The van der Waals surface area contributed by atoms with Gasteiger partial charge in [0.05, 0.1) is 13.7 Å². The zero-order chi connectivity index (χ0) is 20.8. The van der Waals surface area contributed by atoms with Crippen molar-refractivity contribution in [2.24, 2.45) is 4.99 Å². The fraction of sp³-hybridized carbons (Fsp3) is 0.650. The van der Waals surface area contributed by atoms with Crippen molar-refractivity contribution in [1.82, 2.24) is 15.5 Å². The fourth-order valence-corrected chi connectivity index (χ4v) is 2.73. The Morgan fingerprint density at radius 2 is 1.86 bits per heavy atom. The molecule has 1 rings (SSSR count). The van der Waals surface area contributed by atoms with Gasteiger partial charge in [0.1, 0.15) is 11.5 Å². The summed E-state index contributed by atoms with van der Waals surface area (Å²) in [7, 11) is 1.53. The quantitative estimate of drug-likeness (QED) is 0.175. The van der Waals surface area contributed by atoms with Gasteiger partial charge < -0.3 is 25.0 Å². The molecule has 0 bridgehead atoms. The number of methoxy groups -OCH3 is 1. The van der Waals surface area contributed by atoms with E-state index in [9.17, 15) is 8.78 Å². The van der Waals surface area contributed by atoms with Crippen molar-refractivity contribution in [2.45, 2.75) is 46.8 Å². The Morgan fingerprint density at radius 1 is 1.14 bits per heavy atom. The summed E-state index contributed by atoms with van der Waals surface area (Å²) in [5.74, 6) is 1.33. The largest absolute Gasteiger partial charge is 0.497 e. The van der Waals surface area contributed by atoms with E-state index in [-0.39, 0.29) is 36.3 Å². The number of guanidine groups is 1. The van der Waals surface area contributed by atoms with Crippen LogP contribution in [0.2, 0.25) is 0 Å². The molecular weight excluding hydrogens is 493 g/mol. The van der Waals surface area contributed by atoms with Gasteiger partial charge in [0, 0.05) is 18.7 Å². The van der Waals surface area contributed by atoms with Crippen molar-refractivity contribution in [2.75, 3.05) is 39.8 Å². The smallest absolute Gasteiger partial charge is 0.387 e. The van der Waals surface area contributed by atoms with Crippen molar-refractivity contribution in [3.05, 3.63) is 23.8 Å². The van der Waals surface area contributed by atoms with Crippen LogP contribution in [0.5, 0.6) is 11.5 Å². The maximum atomic E-state index is 12.6. The lowest BCUT2D eigenvalue weighted by Gasteiger charge is -2.18. The normalized spacial score (nSPS) is 11.4. The molecule has 0 spiro atoms. The SMILES string of the molecule is CCNC(=NCc1cc(OC)ccc1OC(F)F)NCCCCN(CC)CC.I. The van der Waals surface area contributed by atoms with Crippen LogP contribution in [-0.2, 0) is 6.54 Å². The molecule has 0 saturated carbocycles.